The summed E-state index contributed by atoms with van der Waals surface area (Å²) in [7, 11) is 0. The third-order valence-electron chi connectivity index (χ3n) is 4.80. The highest BCUT2D eigenvalue weighted by Gasteiger charge is 2.55. The van der Waals surface area contributed by atoms with Crippen LogP contribution in [-0.4, -0.2) is 41.0 Å². The summed E-state index contributed by atoms with van der Waals surface area (Å²) in [6.45, 7) is 4.00. The maximum atomic E-state index is 12.7. The molecule has 130 valence electrons. The highest BCUT2D eigenvalue weighted by atomic mass is 16.5. The number of rotatable bonds is 5. The molecule has 6 nitrogen and oxygen atoms in total. The number of amides is 1. The molecule has 0 aromatic rings. The lowest BCUT2D eigenvalue weighted by Gasteiger charge is -2.48. The summed E-state index contributed by atoms with van der Waals surface area (Å²) in [5.74, 6) is 0.101. The Bertz CT molecular complexity index is 617. The van der Waals surface area contributed by atoms with Crippen LogP contribution in [0.2, 0.25) is 0 Å². The van der Waals surface area contributed by atoms with Gasteiger partial charge < -0.3 is 14.7 Å². The van der Waals surface area contributed by atoms with Crippen LogP contribution in [0.4, 0.5) is 0 Å². The first-order chi connectivity index (χ1) is 11.4. The number of piperidine rings is 1. The van der Waals surface area contributed by atoms with Crippen molar-refractivity contribution in [2.45, 2.75) is 39.5 Å². The molecule has 3 atom stereocenters. The lowest BCUT2D eigenvalue weighted by atomic mass is 9.65. The van der Waals surface area contributed by atoms with E-state index in [0.717, 1.165) is 6.42 Å². The predicted octanol–water partition coefficient (Wildman–Crippen LogP) is 1.81. The van der Waals surface area contributed by atoms with E-state index in [2.05, 4.69) is 5.92 Å². The van der Waals surface area contributed by atoms with Crippen molar-refractivity contribution in [3.05, 3.63) is 11.8 Å². The standard InChI is InChI=1S/C18H23NO5/c1-4-8-19-14-9-12(3)6-7-18(14,17(23)24-5-2)11-13(16(19)22)10-15(20)21/h1,9,12-13H,5-8,10-11H2,2-3H3,(H,20,21)/t12?,13-,18-/m0/s1. The van der Waals surface area contributed by atoms with Crippen molar-refractivity contribution >= 4 is 17.8 Å². The van der Waals surface area contributed by atoms with Crippen molar-refractivity contribution < 1.29 is 24.2 Å². The number of likely N-dealkylation sites (tertiary alicyclic amines) is 1. The minimum absolute atomic E-state index is 0.0225. The summed E-state index contributed by atoms with van der Waals surface area (Å²) in [4.78, 5) is 38.0. The number of fused-ring (bicyclic) bond motifs is 1. The second kappa shape index (κ2) is 7.08. The molecule has 2 aliphatic rings. The minimum atomic E-state index is -1.07. The Balaban J connectivity index is 2.52. The van der Waals surface area contributed by atoms with Crippen LogP contribution in [0.1, 0.15) is 39.5 Å². The molecule has 1 amide bonds. The highest BCUT2D eigenvalue weighted by Crippen LogP contribution is 2.50. The fourth-order valence-corrected chi connectivity index (χ4v) is 3.70. The second-order valence-corrected chi connectivity index (χ2v) is 6.50. The number of terminal acetylenes is 1. The van der Waals surface area contributed by atoms with Gasteiger partial charge in [-0.3, -0.25) is 14.4 Å². The fraction of sp³-hybridized carbons (Fsp3) is 0.611. The number of hydrogen-bond acceptors (Lipinski definition) is 4. The third kappa shape index (κ3) is 3.16. The highest BCUT2D eigenvalue weighted by molar-refractivity contribution is 5.91. The summed E-state index contributed by atoms with van der Waals surface area (Å²) in [6.07, 6.45) is 8.47. The van der Waals surface area contributed by atoms with Crippen LogP contribution in [0.5, 0.6) is 0 Å². The monoisotopic (exact) mass is 333 g/mol. The first-order valence-corrected chi connectivity index (χ1v) is 8.21. The SMILES string of the molecule is C#CCN1C(=O)[C@@H](CC(=O)O)C[C@@]2(C(=O)OCC)CCC(C)C=C12. The second-order valence-electron chi connectivity index (χ2n) is 6.50. The minimum Gasteiger partial charge on any atom is -0.481 e. The van der Waals surface area contributed by atoms with Crippen molar-refractivity contribution in [3.8, 4) is 12.3 Å². The Morgan fingerprint density at radius 2 is 2.25 bits per heavy atom. The molecule has 0 bridgehead atoms. The lowest BCUT2D eigenvalue weighted by molar-refractivity contribution is -0.163. The molecule has 1 aliphatic carbocycles. The van der Waals surface area contributed by atoms with Gasteiger partial charge >= 0.3 is 11.9 Å². The van der Waals surface area contributed by atoms with E-state index >= 15 is 0 Å². The zero-order valence-corrected chi connectivity index (χ0v) is 14.1. The summed E-state index contributed by atoms with van der Waals surface area (Å²) in [6, 6.07) is 0. The van der Waals surface area contributed by atoms with E-state index < -0.39 is 23.3 Å². The molecule has 1 saturated heterocycles. The number of carboxylic acids is 1. The van der Waals surface area contributed by atoms with E-state index in [1.807, 2.05) is 13.0 Å². The number of hydrogen-bond donors (Lipinski definition) is 1. The molecule has 1 N–H and O–H groups in total. The zero-order valence-electron chi connectivity index (χ0n) is 14.1. The molecule has 1 unspecified atom stereocenters. The molecule has 0 spiro atoms. The first kappa shape index (κ1) is 18.1. The van der Waals surface area contributed by atoms with Gasteiger partial charge in [-0.15, -0.1) is 6.42 Å². The van der Waals surface area contributed by atoms with Crippen molar-refractivity contribution in [3.63, 3.8) is 0 Å². The van der Waals surface area contributed by atoms with E-state index in [9.17, 15) is 14.4 Å². The quantitative estimate of drug-likeness (QED) is 0.613. The third-order valence-corrected chi connectivity index (χ3v) is 4.80. The molecule has 1 aliphatic heterocycles. The van der Waals surface area contributed by atoms with E-state index in [-0.39, 0.29) is 37.8 Å². The van der Waals surface area contributed by atoms with Crippen molar-refractivity contribution in [2.24, 2.45) is 17.3 Å². The van der Waals surface area contributed by atoms with Crippen LogP contribution in [-0.2, 0) is 19.1 Å². The van der Waals surface area contributed by atoms with Gasteiger partial charge in [-0.25, -0.2) is 0 Å². The lowest BCUT2D eigenvalue weighted by Crippen LogP contribution is -2.54. The van der Waals surface area contributed by atoms with Crippen LogP contribution >= 0.6 is 0 Å². The average Bonchev–Trinajstić information content (AvgIpc) is 2.52. The number of nitrogens with zero attached hydrogens (tertiary/aromatic N) is 1. The van der Waals surface area contributed by atoms with E-state index in [0.29, 0.717) is 12.1 Å². The molecule has 0 radical (unpaired) electrons. The van der Waals surface area contributed by atoms with Gasteiger partial charge in [-0.05, 0) is 32.1 Å². The smallest absolute Gasteiger partial charge is 0.318 e. The fourth-order valence-electron chi connectivity index (χ4n) is 3.70. The molecular weight excluding hydrogens is 310 g/mol. The molecular formula is C18H23NO5. The zero-order chi connectivity index (χ0) is 17.9. The Labute approximate surface area is 141 Å². The van der Waals surface area contributed by atoms with Crippen molar-refractivity contribution in [1.29, 1.82) is 0 Å². The number of carbonyl (C=O) groups excluding carboxylic acids is 2. The molecule has 2 rings (SSSR count). The molecule has 0 aromatic heterocycles. The number of carboxylic acid groups (broad SMARTS) is 1. The Hall–Kier alpha value is -2.29. The Morgan fingerprint density at radius 3 is 2.83 bits per heavy atom. The number of carbonyl (C=O) groups is 3. The van der Waals surface area contributed by atoms with Crippen LogP contribution in [0.15, 0.2) is 11.8 Å². The van der Waals surface area contributed by atoms with E-state index in [1.54, 1.807) is 6.92 Å². The van der Waals surface area contributed by atoms with Crippen LogP contribution in [0.25, 0.3) is 0 Å². The van der Waals surface area contributed by atoms with Gasteiger partial charge in [0, 0.05) is 5.70 Å². The van der Waals surface area contributed by atoms with Crippen LogP contribution < -0.4 is 0 Å². The normalized spacial score (nSPS) is 29.3. The maximum absolute atomic E-state index is 12.7. The average molecular weight is 333 g/mol. The van der Waals surface area contributed by atoms with E-state index in [4.69, 9.17) is 16.3 Å². The summed E-state index contributed by atoms with van der Waals surface area (Å²) in [5, 5.41) is 9.12. The topological polar surface area (TPSA) is 83.9 Å². The van der Waals surface area contributed by atoms with Crippen LogP contribution in [0.3, 0.4) is 0 Å². The number of allylic oxidation sites excluding steroid dienone is 1. The largest absolute Gasteiger partial charge is 0.481 e. The van der Waals surface area contributed by atoms with Gasteiger partial charge in [-0.2, -0.15) is 0 Å². The van der Waals surface area contributed by atoms with Gasteiger partial charge in [0.1, 0.15) is 5.41 Å². The molecule has 0 saturated carbocycles. The number of aliphatic carboxylic acids is 1. The van der Waals surface area contributed by atoms with Gasteiger partial charge in [-0.1, -0.05) is 18.9 Å². The summed E-state index contributed by atoms with van der Waals surface area (Å²) < 4.78 is 5.28. The van der Waals surface area contributed by atoms with Crippen molar-refractivity contribution in [1.82, 2.24) is 4.90 Å². The van der Waals surface area contributed by atoms with Gasteiger partial charge in [0.05, 0.1) is 25.5 Å². The van der Waals surface area contributed by atoms with Crippen LogP contribution in [0, 0.1) is 29.6 Å². The molecule has 1 fully saturated rings. The molecule has 24 heavy (non-hydrogen) atoms. The number of ether oxygens (including phenoxy) is 1. The van der Waals surface area contributed by atoms with E-state index in [1.165, 1.54) is 4.90 Å². The Kier molecular flexibility index (Phi) is 5.33. The molecule has 1 heterocycles. The van der Waals surface area contributed by atoms with Gasteiger partial charge in [0.15, 0.2) is 0 Å². The summed E-state index contributed by atoms with van der Waals surface area (Å²) in [5.41, 5.74) is -0.391. The van der Waals surface area contributed by atoms with Gasteiger partial charge in [0.2, 0.25) is 5.91 Å². The maximum Gasteiger partial charge on any atom is 0.318 e. The van der Waals surface area contributed by atoms with Crippen molar-refractivity contribution in [2.75, 3.05) is 13.2 Å². The Morgan fingerprint density at radius 1 is 1.54 bits per heavy atom. The predicted molar refractivity (Wildman–Crippen MR) is 86.5 cm³/mol. The summed E-state index contributed by atoms with van der Waals surface area (Å²) >= 11 is 0. The van der Waals surface area contributed by atoms with Gasteiger partial charge in [0.25, 0.3) is 0 Å². The molecule has 6 heteroatoms. The number of esters is 1. The first-order valence-electron chi connectivity index (χ1n) is 8.21. The molecule has 0 aromatic carbocycles.